The minimum atomic E-state index is -0.828. The fraction of sp³-hybridized carbons (Fsp3) is 0.386. The lowest BCUT2D eigenvalue weighted by Crippen LogP contribution is -2.38. The summed E-state index contributed by atoms with van der Waals surface area (Å²) in [5, 5.41) is 27.3. The van der Waals surface area contributed by atoms with E-state index in [1.165, 1.54) is 0 Å². The molecular formula is C44H50N12O8. The van der Waals surface area contributed by atoms with Crippen LogP contribution in [-0.4, -0.2) is 92.6 Å². The molecule has 20 nitrogen and oxygen atoms in total. The van der Waals surface area contributed by atoms with Crippen LogP contribution in [0, 0.1) is 19.8 Å². The SMILES string of the molecule is CCn1nc(C)cc1C(=O)Nc1nc2cc(C(N)=O)cc3c2n1C/C=C/Cn1c(NC(=O)c2cc(C)nn2CC)nc2cc(C(=O)N[C@H]4CC[C@@H](C(=O)O)CC4)cc(c21)OCCCO3. The van der Waals surface area contributed by atoms with Crippen molar-refractivity contribution in [3.05, 3.63) is 82.5 Å². The second kappa shape index (κ2) is 18.1. The Bertz CT molecular complexity index is 2840. The molecule has 0 bridgehead atoms. The number of primary amides is 1. The molecule has 5 heterocycles. The molecule has 0 unspecified atom stereocenters. The number of rotatable bonds is 10. The van der Waals surface area contributed by atoms with Crippen LogP contribution in [0.4, 0.5) is 11.9 Å². The molecule has 1 fully saturated rings. The van der Waals surface area contributed by atoms with Gasteiger partial charge in [-0.3, -0.25) is 44.0 Å². The number of aryl methyl sites for hydroxylation is 4. The molecule has 2 aromatic carbocycles. The monoisotopic (exact) mass is 874 g/mol. The Labute approximate surface area is 366 Å². The number of hydrogen-bond acceptors (Lipinski definition) is 11. The summed E-state index contributed by atoms with van der Waals surface area (Å²) in [6, 6.07) is 9.56. The summed E-state index contributed by atoms with van der Waals surface area (Å²) in [6.07, 6.45) is 6.07. The fourth-order valence-electron chi connectivity index (χ4n) is 8.31. The van der Waals surface area contributed by atoms with Crippen LogP contribution in [0.3, 0.4) is 0 Å². The predicted octanol–water partition coefficient (Wildman–Crippen LogP) is 4.83. The third kappa shape index (κ3) is 8.75. The van der Waals surface area contributed by atoms with Gasteiger partial charge in [0.15, 0.2) is 0 Å². The Hall–Kier alpha value is -7.51. The molecule has 334 valence electrons. The Kier molecular flexibility index (Phi) is 12.2. The summed E-state index contributed by atoms with van der Waals surface area (Å²) < 4.78 is 19.5. The molecule has 4 aromatic heterocycles. The van der Waals surface area contributed by atoms with Crippen molar-refractivity contribution in [2.45, 2.75) is 92.0 Å². The Morgan fingerprint density at radius 1 is 0.703 bits per heavy atom. The van der Waals surface area contributed by atoms with Crippen LogP contribution in [0.25, 0.3) is 22.1 Å². The zero-order valence-electron chi connectivity index (χ0n) is 36.0. The summed E-state index contributed by atoms with van der Waals surface area (Å²) in [5.74, 6) is -2.14. The summed E-state index contributed by atoms with van der Waals surface area (Å²) in [7, 11) is 0. The van der Waals surface area contributed by atoms with Crippen LogP contribution >= 0.6 is 0 Å². The van der Waals surface area contributed by atoms with Crippen LogP contribution in [0.1, 0.15) is 99.0 Å². The van der Waals surface area contributed by atoms with Crippen molar-refractivity contribution in [1.82, 2.24) is 44.0 Å². The standard InChI is InChI=1S/C44H50N12O8/c1-5-55-32(18-24(3)51-55)40(59)49-43-47-30-20-27(38(45)57)22-34-36(30)53(43)14-7-8-15-54-37-31(48-44(54)50-41(60)33-19-25(4)52-56(33)6-2)21-28(23-35(37)64-17-9-16-63-34)39(58)46-29-12-10-26(11-13-29)42(61)62/h7-8,18-23,26,29H,5-6,9-17H2,1-4H3,(H2,45,57)(H,46,58)(H,61,62)(H,47,49,59)(H,48,50,60)/b8-7+/t26-,29+. The Balaban J connectivity index is 1.18. The molecule has 0 spiro atoms. The van der Waals surface area contributed by atoms with Crippen LogP contribution < -0.4 is 31.2 Å². The molecule has 1 aliphatic carbocycles. The number of carboxylic acids is 1. The number of anilines is 2. The first kappa shape index (κ1) is 43.2. The number of nitrogens with two attached hydrogens (primary N) is 1. The van der Waals surface area contributed by atoms with Gasteiger partial charge in [-0.05, 0) is 89.8 Å². The van der Waals surface area contributed by atoms with Gasteiger partial charge in [0, 0.05) is 49.8 Å². The molecule has 1 aliphatic heterocycles. The van der Waals surface area contributed by atoms with E-state index in [1.54, 1.807) is 68.7 Å². The van der Waals surface area contributed by atoms with Crippen molar-refractivity contribution >= 4 is 63.6 Å². The molecule has 6 N–H and O–H groups in total. The highest BCUT2D eigenvalue weighted by Crippen LogP contribution is 2.34. The molecule has 20 heteroatoms. The summed E-state index contributed by atoms with van der Waals surface area (Å²) in [4.78, 5) is 75.1. The quantitative estimate of drug-likeness (QED) is 0.116. The third-order valence-electron chi connectivity index (χ3n) is 11.4. The van der Waals surface area contributed by atoms with Gasteiger partial charge in [-0.25, -0.2) is 9.97 Å². The van der Waals surface area contributed by atoms with Gasteiger partial charge in [0.25, 0.3) is 17.7 Å². The van der Waals surface area contributed by atoms with Crippen molar-refractivity contribution in [2.75, 3.05) is 23.8 Å². The van der Waals surface area contributed by atoms with Crippen LogP contribution in [0.15, 0.2) is 48.6 Å². The maximum atomic E-state index is 13.9. The number of carbonyl (C=O) groups is 5. The van der Waals surface area contributed by atoms with Gasteiger partial charge in [0.1, 0.15) is 33.9 Å². The van der Waals surface area contributed by atoms with Crippen LogP contribution in [0.5, 0.6) is 11.5 Å². The molecule has 6 aromatic rings. The van der Waals surface area contributed by atoms with E-state index in [0.717, 1.165) is 0 Å². The number of imidazole rings is 2. The zero-order valence-corrected chi connectivity index (χ0v) is 36.0. The number of nitrogens with zero attached hydrogens (tertiary/aromatic N) is 8. The zero-order chi connectivity index (χ0) is 45.2. The number of benzene rings is 2. The van der Waals surface area contributed by atoms with Gasteiger partial charge in [-0.1, -0.05) is 12.2 Å². The number of amides is 4. The Morgan fingerprint density at radius 3 is 1.66 bits per heavy atom. The molecular weight excluding hydrogens is 825 g/mol. The first-order valence-electron chi connectivity index (χ1n) is 21.4. The van der Waals surface area contributed by atoms with E-state index in [1.807, 2.05) is 26.0 Å². The number of ether oxygens (including phenoxy) is 2. The maximum Gasteiger partial charge on any atom is 0.306 e. The van der Waals surface area contributed by atoms with E-state index in [-0.39, 0.29) is 61.3 Å². The van der Waals surface area contributed by atoms with E-state index in [4.69, 9.17) is 25.2 Å². The van der Waals surface area contributed by atoms with E-state index in [0.29, 0.717) is 102 Å². The molecule has 0 atom stereocenters. The first-order chi connectivity index (χ1) is 30.8. The highest BCUT2D eigenvalue weighted by Gasteiger charge is 2.29. The number of aromatic nitrogens is 8. The molecule has 4 amide bonds. The second-order valence-electron chi connectivity index (χ2n) is 15.9. The smallest absolute Gasteiger partial charge is 0.306 e. The topological polar surface area (TPSA) is 257 Å². The van der Waals surface area contributed by atoms with Crippen LogP contribution in [0.2, 0.25) is 0 Å². The highest BCUT2D eigenvalue weighted by atomic mass is 16.5. The lowest BCUT2D eigenvalue weighted by molar-refractivity contribution is -0.142. The van der Waals surface area contributed by atoms with E-state index in [9.17, 15) is 29.1 Å². The molecule has 2 aliphatic rings. The summed E-state index contributed by atoms with van der Waals surface area (Å²) >= 11 is 0. The number of carbonyl (C=O) groups excluding carboxylic acids is 4. The fourth-order valence-corrected chi connectivity index (χ4v) is 8.31. The molecule has 64 heavy (non-hydrogen) atoms. The maximum absolute atomic E-state index is 13.9. The van der Waals surface area contributed by atoms with Gasteiger partial charge in [-0.15, -0.1) is 0 Å². The van der Waals surface area contributed by atoms with Crippen molar-refractivity contribution < 1.29 is 38.6 Å². The van der Waals surface area contributed by atoms with Crippen molar-refractivity contribution in [2.24, 2.45) is 11.7 Å². The molecule has 8 rings (SSSR count). The number of carboxylic acid groups (broad SMARTS) is 1. The predicted molar refractivity (Wildman–Crippen MR) is 235 cm³/mol. The number of allylic oxidation sites excluding steroid dienone is 2. The summed E-state index contributed by atoms with van der Waals surface area (Å²) in [6.45, 7) is 8.93. The van der Waals surface area contributed by atoms with Crippen molar-refractivity contribution in [1.29, 1.82) is 0 Å². The van der Waals surface area contributed by atoms with Crippen molar-refractivity contribution in [3.63, 3.8) is 0 Å². The average molecular weight is 875 g/mol. The molecule has 0 saturated heterocycles. The molecule has 0 radical (unpaired) electrons. The van der Waals surface area contributed by atoms with Gasteiger partial charge in [-0.2, -0.15) is 10.2 Å². The van der Waals surface area contributed by atoms with Crippen LogP contribution in [-0.2, 0) is 31.0 Å². The lowest BCUT2D eigenvalue weighted by atomic mass is 9.86. The van der Waals surface area contributed by atoms with Gasteiger partial charge in [0.2, 0.25) is 17.8 Å². The normalized spacial score (nSPS) is 17.1. The van der Waals surface area contributed by atoms with Crippen molar-refractivity contribution in [3.8, 4) is 11.5 Å². The Morgan fingerprint density at radius 2 is 1.19 bits per heavy atom. The minimum absolute atomic E-state index is 0.126. The van der Waals surface area contributed by atoms with Gasteiger partial charge >= 0.3 is 5.97 Å². The number of nitrogens with one attached hydrogen (secondary N) is 3. The second-order valence-corrected chi connectivity index (χ2v) is 15.9. The van der Waals surface area contributed by atoms with E-state index in [2.05, 4.69) is 26.1 Å². The van der Waals surface area contributed by atoms with E-state index < -0.39 is 29.6 Å². The lowest BCUT2D eigenvalue weighted by Gasteiger charge is -2.26. The number of aliphatic carboxylic acids is 1. The summed E-state index contributed by atoms with van der Waals surface area (Å²) in [5.41, 5.74) is 10.0. The largest absolute Gasteiger partial charge is 0.491 e. The van der Waals surface area contributed by atoms with Gasteiger partial charge in [0.05, 0.1) is 41.6 Å². The van der Waals surface area contributed by atoms with Gasteiger partial charge < -0.3 is 34.8 Å². The average Bonchev–Trinajstić information content (AvgIpc) is 4.03. The number of hydrogen-bond donors (Lipinski definition) is 5. The highest BCUT2D eigenvalue weighted by molar-refractivity contribution is 6.05. The minimum Gasteiger partial charge on any atom is -0.491 e. The molecule has 1 saturated carbocycles. The van der Waals surface area contributed by atoms with E-state index >= 15 is 0 Å². The first-order valence-corrected chi connectivity index (χ1v) is 21.4. The third-order valence-corrected chi connectivity index (χ3v) is 11.4.